The SMILES string of the molecule is CCCC(O)(CCC)CN=C(NCC)NCCc1c(C)noc1C. The molecule has 0 aliphatic carbocycles. The summed E-state index contributed by atoms with van der Waals surface area (Å²) >= 11 is 0. The summed E-state index contributed by atoms with van der Waals surface area (Å²) in [5, 5.41) is 21.2. The van der Waals surface area contributed by atoms with Gasteiger partial charge in [0.2, 0.25) is 0 Å². The molecule has 6 heteroatoms. The van der Waals surface area contributed by atoms with Crippen LogP contribution in [-0.4, -0.2) is 41.5 Å². The minimum Gasteiger partial charge on any atom is -0.388 e. The third-order valence-corrected chi connectivity index (χ3v) is 4.16. The molecule has 3 N–H and O–H groups in total. The Morgan fingerprint density at radius 3 is 2.33 bits per heavy atom. The van der Waals surface area contributed by atoms with Crippen LogP contribution in [0.2, 0.25) is 0 Å². The van der Waals surface area contributed by atoms with Gasteiger partial charge in [0, 0.05) is 18.7 Å². The van der Waals surface area contributed by atoms with Gasteiger partial charge in [0.05, 0.1) is 17.8 Å². The highest BCUT2D eigenvalue weighted by Crippen LogP contribution is 2.19. The van der Waals surface area contributed by atoms with Crippen LogP contribution in [0, 0.1) is 13.8 Å². The molecule has 0 aliphatic rings. The van der Waals surface area contributed by atoms with E-state index in [4.69, 9.17) is 4.52 Å². The smallest absolute Gasteiger partial charge is 0.191 e. The maximum absolute atomic E-state index is 10.7. The normalized spacial score (nSPS) is 12.5. The Kier molecular flexibility index (Phi) is 8.82. The molecular weight excluding hydrogens is 304 g/mol. The number of rotatable bonds is 10. The molecule has 0 spiro atoms. The molecule has 0 atom stereocenters. The standard InChI is InChI=1S/C18H34N4O2/c1-6-10-18(23,11-7-2)13-21-17(19-8-3)20-12-9-16-14(4)22-24-15(16)5/h23H,6-13H2,1-5H3,(H2,19,20,21). The van der Waals surface area contributed by atoms with Gasteiger partial charge < -0.3 is 20.3 Å². The maximum Gasteiger partial charge on any atom is 0.191 e. The number of hydrogen-bond acceptors (Lipinski definition) is 4. The van der Waals surface area contributed by atoms with Crippen LogP contribution in [0.5, 0.6) is 0 Å². The monoisotopic (exact) mass is 338 g/mol. The molecule has 0 fully saturated rings. The topological polar surface area (TPSA) is 82.7 Å². The Bertz CT molecular complexity index is 486. The van der Waals surface area contributed by atoms with Crippen molar-refractivity contribution in [1.29, 1.82) is 0 Å². The van der Waals surface area contributed by atoms with E-state index in [0.29, 0.717) is 6.54 Å². The van der Waals surface area contributed by atoms with Crippen LogP contribution >= 0.6 is 0 Å². The molecule has 0 aliphatic heterocycles. The van der Waals surface area contributed by atoms with Crippen LogP contribution in [0.4, 0.5) is 0 Å². The zero-order valence-electron chi connectivity index (χ0n) is 15.9. The molecule has 0 aromatic carbocycles. The van der Waals surface area contributed by atoms with E-state index in [1.807, 2.05) is 20.8 Å². The van der Waals surface area contributed by atoms with Crippen molar-refractivity contribution in [2.75, 3.05) is 19.6 Å². The van der Waals surface area contributed by atoms with Crippen molar-refractivity contribution in [2.24, 2.45) is 4.99 Å². The van der Waals surface area contributed by atoms with E-state index in [1.165, 1.54) is 0 Å². The summed E-state index contributed by atoms with van der Waals surface area (Å²) in [7, 11) is 0. The van der Waals surface area contributed by atoms with Gasteiger partial charge in [0.1, 0.15) is 5.76 Å². The molecule has 0 saturated heterocycles. The van der Waals surface area contributed by atoms with Crippen LogP contribution in [0.1, 0.15) is 63.5 Å². The zero-order valence-corrected chi connectivity index (χ0v) is 15.9. The summed E-state index contributed by atoms with van der Waals surface area (Å²) < 4.78 is 5.19. The van der Waals surface area contributed by atoms with Crippen molar-refractivity contribution < 1.29 is 9.63 Å². The Morgan fingerprint density at radius 1 is 1.17 bits per heavy atom. The highest BCUT2D eigenvalue weighted by Gasteiger charge is 2.24. The van der Waals surface area contributed by atoms with E-state index in [2.05, 4.69) is 34.6 Å². The van der Waals surface area contributed by atoms with Gasteiger partial charge in [-0.2, -0.15) is 0 Å². The van der Waals surface area contributed by atoms with Crippen molar-refractivity contribution in [3.8, 4) is 0 Å². The highest BCUT2D eigenvalue weighted by atomic mass is 16.5. The largest absolute Gasteiger partial charge is 0.388 e. The fourth-order valence-corrected chi connectivity index (χ4v) is 2.95. The molecule has 1 rings (SSSR count). The lowest BCUT2D eigenvalue weighted by Gasteiger charge is -2.26. The molecule has 0 radical (unpaired) electrons. The lowest BCUT2D eigenvalue weighted by atomic mass is 9.93. The van der Waals surface area contributed by atoms with Crippen LogP contribution in [-0.2, 0) is 6.42 Å². The van der Waals surface area contributed by atoms with Crippen molar-refractivity contribution >= 4 is 5.96 Å². The molecule has 0 bridgehead atoms. The number of guanidine groups is 1. The summed E-state index contributed by atoms with van der Waals surface area (Å²) in [4.78, 5) is 4.59. The van der Waals surface area contributed by atoms with Gasteiger partial charge in [-0.3, -0.25) is 4.99 Å². The second kappa shape index (κ2) is 10.3. The number of aromatic nitrogens is 1. The molecule has 0 unspecified atom stereocenters. The predicted molar refractivity (Wildman–Crippen MR) is 98.4 cm³/mol. The molecule has 1 heterocycles. The van der Waals surface area contributed by atoms with Gasteiger partial charge in [0.15, 0.2) is 5.96 Å². The highest BCUT2D eigenvalue weighted by molar-refractivity contribution is 5.79. The summed E-state index contributed by atoms with van der Waals surface area (Å²) in [6.45, 7) is 12.1. The molecule has 138 valence electrons. The van der Waals surface area contributed by atoms with E-state index >= 15 is 0 Å². The fourth-order valence-electron chi connectivity index (χ4n) is 2.95. The zero-order chi connectivity index (χ0) is 18.0. The first-order valence-corrected chi connectivity index (χ1v) is 9.12. The van der Waals surface area contributed by atoms with Gasteiger partial charge in [-0.15, -0.1) is 0 Å². The molecule has 0 saturated carbocycles. The number of nitrogens with one attached hydrogen (secondary N) is 2. The second-order valence-electron chi connectivity index (χ2n) is 6.40. The number of nitrogens with zero attached hydrogens (tertiary/aromatic N) is 2. The minimum absolute atomic E-state index is 0.426. The number of aryl methyl sites for hydroxylation is 2. The Balaban J connectivity index is 2.61. The minimum atomic E-state index is -0.701. The molecule has 1 aromatic rings. The second-order valence-corrected chi connectivity index (χ2v) is 6.40. The molecule has 24 heavy (non-hydrogen) atoms. The summed E-state index contributed by atoms with van der Waals surface area (Å²) in [6.07, 6.45) is 4.31. The van der Waals surface area contributed by atoms with Gasteiger partial charge >= 0.3 is 0 Å². The van der Waals surface area contributed by atoms with Gasteiger partial charge in [-0.1, -0.05) is 31.8 Å². The molecule has 0 amide bonds. The van der Waals surface area contributed by atoms with Crippen molar-refractivity contribution in [3.05, 3.63) is 17.0 Å². The Labute approximate surface area is 146 Å². The molecular formula is C18H34N4O2. The predicted octanol–water partition coefficient (Wildman–Crippen LogP) is 2.72. The van der Waals surface area contributed by atoms with Crippen LogP contribution in [0.3, 0.4) is 0 Å². The first kappa shape index (κ1) is 20.5. The van der Waals surface area contributed by atoms with E-state index in [0.717, 1.165) is 68.2 Å². The maximum atomic E-state index is 10.7. The van der Waals surface area contributed by atoms with Crippen molar-refractivity contribution in [2.45, 2.75) is 72.3 Å². The van der Waals surface area contributed by atoms with Crippen molar-refractivity contribution in [1.82, 2.24) is 15.8 Å². The average molecular weight is 338 g/mol. The van der Waals surface area contributed by atoms with E-state index < -0.39 is 5.60 Å². The summed E-state index contributed by atoms with van der Waals surface area (Å²) in [6, 6.07) is 0. The fraction of sp³-hybridized carbons (Fsp3) is 0.778. The number of aliphatic imine (C=N–C) groups is 1. The van der Waals surface area contributed by atoms with E-state index in [1.54, 1.807) is 0 Å². The average Bonchev–Trinajstić information content (AvgIpc) is 2.85. The third-order valence-electron chi connectivity index (χ3n) is 4.16. The Morgan fingerprint density at radius 2 is 1.83 bits per heavy atom. The first-order valence-electron chi connectivity index (χ1n) is 9.12. The summed E-state index contributed by atoms with van der Waals surface area (Å²) in [5.74, 6) is 1.62. The first-order chi connectivity index (χ1) is 11.5. The van der Waals surface area contributed by atoms with Gasteiger partial charge in [-0.05, 0) is 40.0 Å². The molecule has 1 aromatic heterocycles. The lowest BCUT2D eigenvalue weighted by Crippen LogP contribution is -2.40. The summed E-state index contributed by atoms with van der Waals surface area (Å²) in [5.41, 5.74) is 1.39. The van der Waals surface area contributed by atoms with Crippen LogP contribution in [0.25, 0.3) is 0 Å². The van der Waals surface area contributed by atoms with E-state index in [9.17, 15) is 5.11 Å². The lowest BCUT2D eigenvalue weighted by molar-refractivity contribution is 0.0306. The molecule has 6 nitrogen and oxygen atoms in total. The van der Waals surface area contributed by atoms with Crippen LogP contribution < -0.4 is 10.6 Å². The Hall–Kier alpha value is -1.56. The van der Waals surface area contributed by atoms with Crippen molar-refractivity contribution in [3.63, 3.8) is 0 Å². The van der Waals surface area contributed by atoms with E-state index in [-0.39, 0.29) is 0 Å². The third kappa shape index (κ3) is 6.51. The van der Waals surface area contributed by atoms with Gasteiger partial charge in [-0.25, -0.2) is 0 Å². The van der Waals surface area contributed by atoms with Gasteiger partial charge in [0.25, 0.3) is 0 Å². The number of aliphatic hydroxyl groups is 1. The quantitative estimate of drug-likeness (QED) is 0.451. The van der Waals surface area contributed by atoms with Crippen LogP contribution in [0.15, 0.2) is 9.52 Å². The number of hydrogen-bond donors (Lipinski definition) is 3.